The summed E-state index contributed by atoms with van der Waals surface area (Å²) in [5.74, 6) is -3.74. The van der Waals surface area contributed by atoms with Gasteiger partial charge >= 0.3 is 12.0 Å². The Labute approximate surface area is 169 Å². The minimum absolute atomic E-state index is 0.00844. The van der Waals surface area contributed by atoms with Gasteiger partial charge in [-0.25, -0.2) is 18.4 Å². The van der Waals surface area contributed by atoms with Crippen molar-refractivity contribution in [3.63, 3.8) is 0 Å². The zero-order chi connectivity index (χ0) is 20.8. The molecule has 2 aromatic rings. The van der Waals surface area contributed by atoms with E-state index in [1.165, 1.54) is 12.1 Å². The molecule has 0 radical (unpaired) electrons. The molecule has 0 unspecified atom stereocenters. The van der Waals surface area contributed by atoms with Crippen molar-refractivity contribution in [2.24, 2.45) is 0 Å². The van der Waals surface area contributed by atoms with Gasteiger partial charge in [0.05, 0.1) is 0 Å². The maximum absolute atomic E-state index is 13.7. The van der Waals surface area contributed by atoms with Crippen molar-refractivity contribution >= 4 is 28.5 Å². The van der Waals surface area contributed by atoms with Crippen molar-refractivity contribution in [1.29, 1.82) is 0 Å². The number of halogens is 2. The number of ether oxygens (including phenoxy) is 1. The van der Waals surface area contributed by atoms with Gasteiger partial charge in [0.2, 0.25) is 5.88 Å². The fourth-order valence-corrected chi connectivity index (χ4v) is 3.66. The first-order valence-electron chi connectivity index (χ1n) is 9.01. The summed E-state index contributed by atoms with van der Waals surface area (Å²) in [6, 6.07) is 3.04. The Balaban J connectivity index is 1.59. The number of amides is 2. The van der Waals surface area contributed by atoms with Crippen molar-refractivity contribution < 1.29 is 28.2 Å². The number of urea groups is 1. The summed E-state index contributed by atoms with van der Waals surface area (Å²) < 4.78 is 36.1. The number of aromatic carboxylic acids is 1. The number of likely N-dealkylation sites (tertiary alicyclic amines) is 1. The van der Waals surface area contributed by atoms with Gasteiger partial charge in [-0.15, -0.1) is 0 Å². The highest BCUT2D eigenvalue weighted by atomic mass is 32.1. The van der Waals surface area contributed by atoms with Crippen molar-refractivity contribution in [3.8, 4) is 5.88 Å². The minimum Gasteiger partial charge on any atom is -0.477 e. The number of hydrogen-bond donors (Lipinski definition) is 3. The number of nitrogens with one attached hydrogen (secondary N) is 2. The van der Waals surface area contributed by atoms with Crippen LogP contribution < -0.4 is 15.4 Å². The molecular formula is C18H20F2N4O4S. The predicted octanol–water partition coefficient (Wildman–Crippen LogP) is 2.92. The van der Waals surface area contributed by atoms with Gasteiger partial charge in [-0.1, -0.05) is 12.1 Å². The SMILES string of the molecule is O=C(NCCN1CCCC1)Nc1snc(OCc2cccc(F)c2F)c1C(=O)O. The smallest absolute Gasteiger partial charge is 0.344 e. The van der Waals surface area contributed by atoms with Crippen molar-refractivity contribution in [2.45, 2.75) is 19.4 Å². The van der Waals surface area contributed by atoms with Gasteiger partial charge in [-0.05, 0) is 43.5 Å². The molecule has 2 amide bonds. The Morgan fingerprint density at radius 3 is 2.76 bits per heavy atom. The molecule has 29 heavy (non-hydrogen) atoms. The number of hydrogen-bond acceptors (Lipinski definition) is 6. The van der Waals surface area contributed by atoms with Crippen LogP contribution in [-0.2, 0) is 6.61 Å². The van der Waals surface area contributed by atoms with Gasteiger partial charge in [0.15, 0.2) is 17.2 Å². The lowest BCUT2D eigenvalue weighted by molar-refractivity contribution is 0.0693. The van der Waals surface area contributed by atoms with Gasteiger partial charge in [-0.3, -0.25) is 5.32 Å². The number of carboxylic acid groups (broad SMARTS) is 1. The first kappa shape index (κ1) is 20.9. The van der Waals surface area contributed by atoms with Crippen molar-refractivity contribution in [2.75, 3.05) is 31.5 Å². The first-order chi connectivity index (χ1) is 14.0. The van der Waals surface area contributed by atoms with Crippen LogP contribution in [0.4, 0.5) is 18.6 Å². The Morgan fingerprint density at radius 1 is 1.28 bits per heavy atom. The molecule has 8 nitrogen and oxygen atoms in total. The fourth-order valence-electron chi connectivity index (χ4n) is 2.94. The van der Waals surface area contributed by atoms with E-state index in [2.05, 4.69) is 19.9 Å². The molecule has 1 fully saturated rings. The highest BCUT2D eigenvalue weighted by Crippen LogP contribution is 2.31. The molecular weight excluding hydrogens is 406 g/mol. The monoisotopic (exact) mass is 426 g/mol. The van der Waals surface area contributed by atoms with Crippen molar-refractivity contribution in [3.05, 3.63) is 41.0 Å². The van der Waals surface area contributed by atoms with Gasteiger partial charge < -0.3 is 20.1 Å². The fraction of sp³-hybridized carbons (Fsp3) is 0.389. The summed E-state index contributed by atoms with van der Waals surface area (Å²) in [5, 5.41) is 14.5. The number of carboxylic acids is 1. The molecule has 1 aromatic heterocycles. The molecule has 2 heterocycles. The number of nitrogens with zero attached hydrogens (tertiary/aromatic N) is 2. The summed E-state index contributed by atoms with van der Waals surface area (Å²) in [4.78, 5) is 25.9. The van der Waals surface area contributed by atoms with Crippen LogP contribution in [0.25, 0.3) is 0 Å². The zero-order valence-electron chi connectivity index (χ0n) is 15.4. The van der Waals surface area contributed by atoms with E-state index in [0.717, 1.165) is 50.1 Å². The van der Waals surface area contributed by atoms with Crippen LogP contribution in [0.3, 0.4) is 0 Å². The molecule has 0 saturated carbocycles. The number of carbonyl (C=O) groups is 2. The predicted molar refractivity (Wildman–Crippen MR) is 102 cm³/mol. The van der Waals surface area contributed by atoms with Crippen LogP contribution in [-0.4, -0.2) is 52.6 Å². The summed E-state index contributed by atoms with van der Waals surface area (Å²) in [5.41, 5.74) is -0.426. The van der Waals surface area contributed by atoms with Gasteiger partial charge in [-0.2, -0.15) is 4.37 Å². The number of anilines is 1. The Kier molecular flexibility index (Phi) is 6.94. The molecule has 1 aromatic carbocycles. The third kappa shape index (κ3) is 5.39. The lowest BCUT2D eigenvalue weighted by atomic mass is 10.2. The van der Waals surface area contributed by atoms with Crippen LogP contribution in [0.2, 0.25) is 0 Å². The van der Waals surface area contributed by atoms with E-state index in [-0.39, 0.29) is 22.0 Å². The highest BCUT2D eigenvalue weighted by molar-refractivity contribution is 7.11. The third-order valence-corrected chi connectivity index (χ3v) is 5.16. The summed E-state index contributed by atoms with van der Waals surface area (Å²) in [7, 11) is 0. The van der Waals surface area contributed by atoms with Gasteiger partial charge in [0.25, 0.3) is 0 Å². The number of rotatable bonds is 8. The second kappa shape index (κ2) is 9.61. The van der Waals surface area contributed by atoms with E-state index in [9.17, 15) is 23.5 Å². The van der Waals surface area contributed by atoms with Gasteiger partial charge in [0, 0.05) is 18.7 Å². The maximum atomic E-state index is 13.7. The second-order valence-electron chi connectivity index (χ2n) is 6.43. The Hall–Kier alpha value is -2.79. The minimum atomic E-state index is -1.36. The molecule has 0 spiro atoms. The molecule has 0 aliphatic carbocycles. The average molecular weight is 426 g/mol. The van der Waals surface area contributed by atoms with E-state index in [4.69, 9.17) is 4.74 Å². The molecule has 11 heteroatoms. The molecule has 0 atom stereocenters. The summed E-state index contributed by atoms with van der Waals surface area (Å²) >= 11 is 0.728. The molecule has 3 N–H and O–H groups in total. The van der Waals surface area contributed by atoms with Gasteiger partial charge in [0.1, 0.15) is 11.6 Å². The highest BCUT2D eigenvalue weighted by Gasteiger charge is 2.24. The summed E-state index contributed by atoms with van der Waals surface area (Å²) in [6.45, 7) is 2.75. The summed E-state index contributed by atoms with van der Waals surface area (Å²) in [6.07, 6.45) is 2.30. The topological polar surface area (TPSA) is 104 Å². The number of aromatic nitrogens is 1. The molecule has 0 bridgehead atoms. The van der Waals surface area contributed by atoms with Crippen LogP contribution in [0.15, 0.2) is 18.2 Å². The number of benzene rings is 1. The normalized spacial score (nSPS) is 14.0. The van der Waals surface area contributed by atoms with Crippen LogP contribution >= 0.6 is 11.5 Å². The Bertz CT molecular complexity index is 887. The van der Waals surface area contributed by atoms with E-state index in [0.29, 0.717) is 6.54 Å². The third-order valence-electron chi connectivity index (χ3n) is 4.41. The molecule has 3 rings (SSSR count). The van der Waals surface area contributed by atoms with Crippen LogP contribution in [0.1, 0.15) is 28.8 Å². The molecule has 1 aliphatic heterocycles. The van der Waals surface area contributed by atoms with E-state index in [1.54, 1.807) is 0 Å². The molecule has 1 saturated heterocycles. The molecule has 156 valence electrons. The number of carbonyl (C=O) groups excluding carboxylic acids is 1. The quantitative estimate of drug-likeness (QED) is 0.600. The zero-order valence-corrected chi connectivity index (χ0v) is 16.2. The maximum Gasteiger partial charge on any atom is 0.344 e. The average Bonchev–Trinajstić information content (AvgIpc) is 3.33. The van der Waals surface area contributed by atoms with E-state index < -0.39 is 30.2 Å². The van der Waals surface area contributed by atoms with Crippen LogP contribution in [0.5, 0.6) is 5.88 Å². The molecule has 1 aliphatic rings. The first-order valence-corrected chi connectivity index (χ1v) is 9.79. The van der Waals surface area contributed by atoms with Crippen LogP contribution in [0, 0.1) is 11.6 Å². The Morgan fingerprint density at radius 2 is 2.03 bits per heavy atom. The largest absolute Gasteiger partial charge is 0.477 e. The second-order valence-corrected chi connectivity index (χ2v) is 7.20. The lowest BCUT2D eigenvalue weighted by Gasteiger charge is -2.14. The van der Waals surface area contributed by atoms with Crippen molar-refractivity contribution in [1.82, 2.24) is 14.6 Å². The lowest BCUT2D eigenvalue weighted by Crippen LogP contribution is -2.36. The standard InChI is InChI=1S/C18H20F2N4O4S/c19-12-5-3-4-11(14(12)20)10-28-15-13(17(25)26)16(29-23-15)22-18(27)21-6-9-24-7-1-2-8-24/h3-5H,1-2,6-10H2,(H,25,26)(H2,21,22,27). The van der Waals surface area contributed by atoms with E-state index >= 15 is 0 Å². The van der Waals surface area contributed by atoms with E-state index in [1.807, 2.05) is 0 Å².